The first-order chi connectivity index (χ1) is 15.1. The van der Waals surface area contributed by atoms with Gasteiger partial charge in [0.25, 0.3) is 6.43 Å². The second-order valence-electron chi connectivity index (χ2n) is 8.72. The van der Waals surface area contributed by atoms with Crippen LogP contribution in [0.1, 0.15) is 26.7 Å². The van der Waals surface area contributed by atoms with Gasteiger partial charge in [0.05, 0.1) is 18.3 Å². The van der Waals surface area contributed by atoms with E-state index in [-0.39, 0.29) is 17.7 Å². The van der Waals surface area contributed by atoms with E-state index in [1.165, 1.54) is 0 Å². The van der Waals surface area contributed by atoms with Crippen LogP contribution < -0.4 is 10.6 Å². The highest BCUT2D eigenvalue weighted by Gasteiger charge is 2.37. The maximum Gasteiger partial charge on any atom is 0.275 e. The summed E-state index contributed by atoms with van der Waals surface area (Å²) in [5.41, 5.74) is 0.391. The number of allylic oxidation sites excluding steroid dienone is 3. The number of carbonyl (C=O) groups is 1. The van der Waals surface area contributed by atoms with Crippen LogP contribution in [0.2, 0.25) is 0 Å². The molecule has 2 heterocycles. The van der Waals surface area contributed by atoms with E-state index < -0.39 is 18.7 Å². The molecule has 1 saturated carbocycles. The minimum Gasteiger partial charge on any atom is -0.475 e. The van der Waals surface area contributed by atoms with Gasteiger partial charge in [0.1, 0.15) is 6.61 Å². The van der Waals surface area contributed by atoms with E-state index in [9.17, 15) is 18.0 Å². The Kier molecular flexibility index (Phi) is 7.48. The molecule has 32 heavy (non-hydrogen) atoms. The van der Waals surface area contributed by atoms with Crippen LogP contribution in [-0.2, 0) is 9.53 Å². The molecule has 9 heteroatoms. The second-order valence-corrected chi connectivity index (χ2v) is 8.72. The smallest absolute Gasteiger partial charge is 0.275 e. The Labute approximate surface area is 187 Å². The van der Waals surface area contributed by atoms with Gasteiger partial charge in [0.2, 0.25) is 5.67 Å². The largest absolute Gasteiger partial charge is 0.475 e. The van der Waals surface area contributed by atoms with Gasteiger partial charge in [-0.1, -0.05) is 6.08 Å². The molecule has 0 spiro atoms. The molecule has 0 saturated heterocycles. The number of dihydropyridines is 1. The van der Waals surface area contributed by atoms with Crippen molar-refractivity contribution in [1.29, 1.82) is 0 Å². The summed E-state index contributed by atoms with van der Waals surface area (Å²) >= 11 is 0. The van der Waals surface area contributed by atoms with Crippen molar-refractivity contribution in [1.82, 2.24) is 15.5 Å². The quantitative estimate of drug-likeness (QED) is 0.499. The lowest BCUT2D eigenvalue weighted by Gasteiger charge is -2.30. The van der Waals surface area contributed by atoms with Crippen molar-refractivity contribution >= 4 is 12.0 Å². The number of hydrogen-bond donors (Lipinski definition) is 2. The molecule has 2 N–H and O–H groups in total. The average Bonchev–Trinajstić information content (AvgIpc) is 3.58. The minimum absolute atomic E-state index is 0.0991. The molecule has 0 aromatic rings. The number of nitrogens with zero attached hydrogens (tertiary/aromatic N) is 2. The zero-order chi connectivity index (χ0) is 23.5. The van der Waals surface area contributed by atoms with Crippen molar-refractivity contribution in [3.63, 3.8) is 0 Å². The molecule has 1 fully saturated rings. The summed E-state index contributed by atoms with van der Waals surface area (Å²) in [4.78, 5) is 19.0. The van der Waals surface area contributed by atoms with Crippen LogP contribution in [0.25, 0.3) is 0 Å². The Hall–Kier alpha value is -2.55. The Morgan fingerprint density at radius 2 is 2.19 bits per heavy atom. The summed E-state index contributed by atoms with van der Waals surface area (Å²) in [7, 11) is 3.59. The summed E-state index contributed by atoms with van der Waals surface area (Å²) in [6.45, 7) is 2.77. The molecule has 1 aliphatic carbocycles. The van der Waals surface area contributed by atoms with E-state index in [0.29, 0.717) is 30.2 Å². The lowest BCUT2D eigenvalue weighted by atomic mass is 9.99. The number of Topliss-reactive ketones (excluding diaryl/α,β-unsaturated/α-hetero) is 1. The lowest BCUT2D eigenvalue weighted by molar-refractivity contribution is -0.117. The monoisotopic (exact) mass is 452 g/mol. The number of alkyl halides is 3. The third-order valence-electron chi connectivity index (χ3n) is 5.66. The molecule has 2 unspecified atom stereocenters. The summed E-state index contributed by atoms with van der Waals surface area (Å²) in [6, 6.07) is -0.104. The molecule has 6 nitrogen and oxygen atoms in total. The molecule has 0 aromatic carbocycles. The SMILES string of the molecule is CNC1C=CNC(C(=O)C2CC2)=C1C=NCC1=CC(C)=C(OCC(C)(F)C(F)F)N(C)C1. The van der Waals surface area contributed by atoms with Crippen molar-refractivity contribution in [3.05, 3.63) is 46.7 Å². The predicted octanol–water partition coefficient (Wildman–Crippen LogP) is 3.11. The van der Waals surface area contributed by atoms with Crippen LogP contribution in [-0.4, -0.2) is 68.8 Å². The van der Waals surface area contributed by atoms with Gasteiger partial charge in [-0.15, -0.1) is 0 Å². The number of nitrogens with one attached hydrogen (secondary N) is 2. The fraction of sp³-hybridized carbons (Fsp3) is 0.565. The number of ether oxygens (including phenoxy) is 1. The van der Waals surface area contributed by atoms with Gasteiger partial charge in [-0.3, -0.25) is 9.79 Å². The number of aliphatic imine (C=N–C) groups is 1. The summed E-state index contributed by atoms with van der Waals surface area (Å²) in [6.07, 6.45) is 6.06. The summed E-state index contributed by atoms with van der Waals surface area (Å²) < 4.78 is 44.7. The van der Waals surface area contributed by atoms with E-state index in [4.69, 9.17) is 4.74 Å². The van der Waals surface area contributed by atoms with Gasteiger partial charge in [0.15, 0.2) is 11.7 Å². The van der Waals surface area contributed by atoms with Gasteiger partial charge < -0.3 is 20.3 Å². The molecule has 3 rings (SSSR count). The molecule has 0 bridgehead atoms. The standard InChI is InChI=1S/C23H31F3N4O2/c1-14-9-15(12-30(4)21(14)32-13-23(2,26)22(24)25)10-28-11-17-18(27-3)7-8-29-19(17)20(31)16-5-6-16/h7-9,11,16,18,22,27,29H,5-6,10,12-13H2,1-4H3. The highest BCUT2D eigenvalue weighted by molar-refractivity contribution is 6.04. The van der Waals surface area contributed by atoms with Crippen LogP contribution >= 0.6 is 0 Å². The van der Waals surface area contributed by atoms with Crippen LogP contribution in [0.4, 0.5) is 13.2 Å². The van der Waals surface area contributed by atoms with Gasteiger partial charge in [-0.2, -0.15) is 0 Å². The van der Waals surface area contributed by atoms with Crippen LogP contribution in [0.5, 0.6) is 0 Å². The fourth-order valence-corrected chi connectivity index (χ4v) is 3.67. The molecular weight excluding hydrogens is 421 g/mol. The van der Waals surface area contributed by atoms with E-state index in [1.807, 2.05) is 19.2 Å². The number of halogens is 3. The van der Waals surface area contributed by atoms with E-state index in [2.05, 4.69) is 15.6 Å². The predicted molar refractivity (Wildman–Crippen MR) is 118 cm³/mol. The number of rotatable bonds is 10. The Balaban J connectivity index is 1.70. The van der Waals surface area contributed by atoms with Crippen LogP contribution in [0.15, 0.2) is 51.6 Å². The minimum atomic E-state index is -3.12. The Morgan fingerprint density at radius 3 is 2.78 bits per heavy atom. The third kappa shape index (κ3) is 5.62. The summed E-state index contributed by atoms with van der Waals surface area (Å²) in [5.74, 6) is 0.595. The van der Waals surface area contributed by atoms with Crippen LogP contribution in [0.3, 0.4) is 0 Å². The molecule has 0 amide bonds. The van der Waals surface area contributed by atoms with Gasteiger partial charge in [-0.05, 0) is 51.6 Å². The maximum absolute atomic E-state index is 13.9. The first-order valence-electron chi connectivity index (χ1n) is 10.7. The number of hydrogen-bond acceptors (Lipinski definition) is 6. The summed E-state index contributed by atoms with van der Waals surface area (Å²) in [5, 5.41) is 6.27. The van der Waals surface area contributed by atoms with Gasteiger partial charge in [-0.25, -0.2) is 13.2 Å². The molecule has 2 aliphatic heterocycles. The first kappa shape index (κ1) is 24.1. The third-order valence-corrected chi connectivity index (χ3v) is 5.66. The maximum atomic E-state index is 13.9. The van der Waals surface area contributed by atoms with Crippen molar-refractivity contribution in [2.24, 2.45) is 10.9 Å². The van der Waals surface area contributed by atoms with Crippen molar-refractivity contribution < 1.29 is 22.7 Å². The number of ketones is 1. The van der Waals surface area contributed by atoms with Crippen molar-refractivity contribution in [2.45, 2.75) is 44.8 Å². The van der Waals surface area contributed by atoms with Crippen molar-refractivity contribution in [2.75, 3.05) is 33.8 Å². The zero-order valence-corrected chi connectivity index (χ0v) is 18.9. The topological polar surface area (TPSA) is 66.0 Å². The van der Waals surface area contributed by atoms with E-state index >= 15 is 0 Å². The number of carbonyl (C=O) groups excluding carboxylic acids is 1. The van der Waals surface area contributed by atoms with Gasteiger partial charge in [0, 0.05) is 36.9 Å². The van der Waals surface area contributed by atoms with Crippen LogP contribution in [0, 0.1) is 5.92 Å². The first-order valence-corrected chi connectivity index (χ1v) is 10.7. The molecule has 3 aliphatic rings. The molecule has 176 valence electrons. The number of likely N-dealkylation sites (N-methyl/N-ethyl adjacent to an activating group) is 2. The molecule has 0 radical (unpaired) electrons. The molecule has 0 aromatic heterocycles. The highest BCUT2D eigenvalue weighted by Crippen LogP contribution is 2.33. The van der Waals surface area contributed by atoms with Crippen molar-refractivity contribution in [3.8, 4) is 0 Å². The van der Waals surface area contributed by atoms with E-state index in [1.54, 1.807) is 31.3 Å². The molecule has 2 atom stereocenters. The Bertz CT molecular complexity index is 886. The average molecular weight is 453 g/mol. The normalized spacial score (nSPS) is 23.6. The highest BCUT2D eigenvalue weighted by atomic mass is 19.3. The second kappa shape index (κ2) is 9.94. The molecular formula is C23H31F3N4O2. The zero-order valence-electron chi connectivity index (χ0n) is 18.9. The van der Waals surface area contributed by atoms with E-state index in [0.717, 1.165) is 30.9 Å². The Morgan fingerprint density at radius 1 is 1.47 bits per heavy atom. The fourth-order valence-electron chi connectivity index (χ4n) is 3.67. The van der Waals surface area contributed by atoms with Gasteiger partial charge >= 0.3 is 0 Å². The lowest BCUT2D eigenvalue weighted by Crippen LogP contribution is -2.36.